The van der Waals surface area contributed by atoms with Gasteiger partial charge in [0.25, 0.3) is 5.91 Å². The minimum absolute atomic E-state index is 0.0387. The van der Waals surface area contributed by atoms with Crippen molar-refractivity contribution in [2.75, 3.05) is 43.5 Å². The van der Waals surface area contributed by atoms with Gasteiger partial charge in [-0.15, -0.1) is 0 Å². The Hall–Kier alpha value is -4.58. The lowest BCUT2D eigenvalue weighted by Gasteiger charge is -2.36. The topological polar surface area (TPSA) is 61.9 Å². The molecule has 0 bridgehead atoms. The molecule has 0 saturated carbocycles. The van der Waals surface area contributed by atoms with Crippen molar-refractivity contribution in [3.63, 3.8) is 0 Å². The summed E-state index contributed by atoms with van der Waals surface area (Å²) in [6.45, 7) is 2.80. The summed E-state index contributed by atoms with van der Waals surface area (Å²) >= 11 is 0. The van der Waals surface area contributed by atoms with Crippen LogP contribution in [-0.4, -0.2) is 50.0 Å². The van der Waals surface area contributed by atoms with Crippen LogP contribution in [0.4, 0.5) is 11.4 Å². The Morgan fingerprint density at radius 3 is 1.79 bits per heavy atom. The molecule has 0 aromatic heterocycles. The van der Waals surface area contributed by atoms with Gasteiger partial charge in [-0.2, -0.15) is 0 Å². The first-order chi connectivity index (χ1) is 18.6. The number of anilines is 2. The molecule has 1 heterocycles. The maximum absolute atomic E-state index is 13.4. The molecule has 1 aliphatic heterocycles. The van der Waals surface area contributed by atoms with E-state index in [-0.39, 0.29) is 11.8 Å². The van der Waals surface area contributed by atoms with Gasteiger partial charge in [-0.05, 0) is 59.7 Å². The summed E-state index contributed by atoms with van der Waals surface area (Å²) < 4.78 is 5.18. The lowest BCUT2D eigenvalue weighted by molar-refractivity contribution is -0.116. The van der Waals surface area contributed by atoms with E-state index in [1.165, 1.54) is 0 Å². The number of piperazine rings is 1. The average Bonchev–Trinajstić information content (AvgIpc) is 2.98. The molecule has 6 heteroatoms. The van der Waals surface area contributed by atoms with Crippen LogP contribution in [0.2, 0.25) is 0 Å². The van der Waals surface area contributed by atoms with Crippen LogP contribution < -0.4 is 15.0 Å². The molecule has 6 nitrogen and oxygen atoms in total. The van der Waals surface area contributed by atoms with Gasteiger partial charge in [0.2, 0.25) is 5.91 Å². The highest BCUT2D eigenvalue weighted by molar-refractivity contribution is 5.98. The summed E-state index contributed by atoms with van der Waals surface area (Å²) in [7, 11) is 1.61. The van der Waals surface area contributed by atoms with Gasteiger partial charge in [0.05, 0.1) is 13.0 Å². The molecule has 0 unspecified atom stereocenters. The van der Waals surface area contributed by atoms with E-state index in [4.69, 9.17) is 4.74 Å². The highest BCUT2D eigenvalue weighted by Crippen LogP contribution is 2.27. The summed E-state index contributed by atoms with van der Waals surface area (Å²) in [4.78, 5) is 30.4. The van der Waals surface area contributed by atoms with Gasteiger partial charge in [0.1, 0.15) is 5.75 Å². The molecular formula is C32H31N3O3. The third-order valence-corrected chi connectivity index (χ3v) is 6.93. The van der Waals surface area contributed by atoms with E-state index in [0.717, 1.165) is 41.3 Å². The number of ether oxygens (including phenoxy) is 1. The van der Waals surface area contributed by atoms with E-state index in [0.29, 0.717) is 18.7 Å². The second-order valence-electron chi connectivity index (χ2n) is 9.30. The maximum atomic E-state index is 13.4. The van der Waals surface area contributed by atoms with Crippen LogP contribution in [0.5, 0.6) is 5.75 Å². The molecule has 4 aromatic rings. The molecule has 0 atom stereocenters. The fourth-order valence-electron chi connectivity index (χ4n) is 4.84. The number of methoxy groups -OCH3 is 1. The van der Waals surface area contributed by atoms with Crippen LogP contribution in [0.25, 0.3) is 0 Å². The normalized spacial score (nSPS) is 13.3. The summed E-state index contributed by atoms with van der Waals surface area (Å²) in [6.07, 6.45) is 0. The van der Waals surface area contributed by atoms with Crippen LogP contribution in [0, 0.1) is 0 Å². The Kier molecular flexibility index (Phi) is 7.69. The zero-order valence-electron chi connectivity index (χ0n) is 21.4. The van der Waals surface area contributed by atoms with E-state index in [2.05, 4.69) is 10.2 Å². The van der Waals surface area contributed by atoms with Crippen molar-refractivity contribution >= 4 is 23.2 Å². The SMILES string of the molecule is COc1ccc(C(=O)N2CCN(c3ccc(NC(=O)C(c4ccccc4)c4ccccc4)cc3)CC2)cc1. The van der Waals surface area contributed by atoms with Crippen LogP contribution in [-0.2, 0) is 4.79 Å². The van der Waals surface area contributed by atoms with E-state index < -0.39 is 5.92 Å². The first-order valence-corrected chi connectivity index (χ1v) is 12.8. The second kappa shape index (κ2) is 11.6. The zero-order valence-corrected chi connectivity index (χ0v) is 21.4. The molecule has 0 aliphatic carbocycles. The predicted molar refractivity (Wildman–Crippen MR) is 151 cm³/mol. The van der Waals surface area contributed by atoms with Crippen LogP contribution in [0.15, 0.2) is 109 Å². The number of nitrogens with zero attached hydrogens (tertiary/aromatic N) is 2. The molecule has 2 amide bonds. The number of benzene rings is 4. The summed E-state index contributed by atoms with van der Waals surface area (Å²) in [5, 5.41) is 3.10. The van der Waals surface area contributed by atoms with Crippen LogP contribution >= 0.6 is 0 Å². The lowest BCUT2D eigenvalue weighted by Crippen LogP contribution is -2.48. The molecule has 0 spiro atoms. The zero-order chi connectivity index (χ0) is 26.3. The van der Waals surface area contributed by atoms with Crippen molar-refractivity contribution in [1.82, 2.24) is 4.90 Å². The summed E-state index contributed by atoms with van der Waals surface area (Å²) in [6, 6.07) is 34.8. The number of amides is 2. The predicted octanol–water partition coefficient (Wildman–Crippen LogP) is 5.43. The number of hydrogen-bond donors (Lipinski definition) is 1. The van der Waals surface area contributed by atoms with Crippen molar-refractivity contribution in [2.24, 2.45) is 0 Å². The van der Waals surface area contributed by atoms with Gasteiger partial charge < -0.3 is 19.9 Å². The minimum Gasteiger partial charge on any atom is -0.497 e. The highest BCUT2D eigenvalue weighted by Gasteiger charge is 2.24. The number of carbonyl (C=O) groups is 2. The number of carbonyl (C=O) groups excluding carboxylic acids is 2. The Balaban J connectivity index is 1.21. The van der Waals surface area contributed by atoms with E-state index in [9.17, 15) is 9.59 Å². The van der Waals surface area contributed by atoms with Gasteiger partial charge in [-0.1, -0.05) is 60.7 Å². The molecule has 0 radical (unpaired) electrons. The molecule has 1 fully saturated rings. The van der Waals surface area contributed by atoms with Gasteiger partial charge in [0.15, 0.2) is 0 Å². The Bertz CT molecular complexity index is 1310. The molecule has 5 rings (SSSR count). The second-order valence-corrected chi connectivity index (χ2v) is 9.30. The Morgan fingerprint density at radius 2 is 1.26 bits per heavy atom. The number of hydrogen-bond acceptors (Lipinski definition) is 4. The van der Waals surface area contributed by atoms with Gasteiger partial charge >= 0.3 is 0 Å². The molecule has 1 saturated heterocycles. The first-order valence-electron chi connectivity index (χ1n) is 12.8. The van der Waals surface area contributed by atoms with Crippen molar-refractivity contribution < 1.29 is 14.3 Å². The van der Waals surface area contributed by atoms with E-state index >= 15 is 0 Å². The minimum atomic E-state index is -0.395. The average molecular weight is 506 g/mol. The fourth-order valence-corrected chi connectivity index (χ4v) is 4.84. The fraction of sp³-hybridized carbons (Fsp3) is 0.188. The number of nitrogens with one attached hydrogen (secondary N) is 1. The highest BCUT2D eigenvalue weighted by atomic mass is 16.5. The standard InChI is InChI=1S/C32H31N3O3/c1-38-29-18-12-26(13-19-29)32(37)35-22-20-34(21-23-35)28-16-14-27(15-17-28)33-31(36)30(24-8-4-2-5-9-24)25-10-6-3-7-11-25/h2-19,30H,20-23H2,1H3,(H,33,36). The monoisotopic (exact) mass is 505 g/mol. The third kappa shape index (κ3) is 5.70. The molecule has 38 heavy (non-hydrogen) atoms. The molecule has 1 N–H and O–H groups in total. The van der Waals surface area contributed by atoms with Crippen molar-refractivity contribution in [3.05, 3.63) is 126 Å². The molecule has 192 valence electrons. The van der Waals surface area contributed by atoms with Crippen molar-refractivity contribution in [1.29, 1.82) is 0 Å². The van der Waals surface area contributed by atoms with Gasteiger partial charge in [-0.25, -0.2) is 0 Å². The van der Waals surface area contributed by atoms with E-state index in [1.54, 1.807) is 19.2 Å². The molecule has 4 aromatic carbocycles. The van der Waals surface area contributed by atoms with E-state index in [1.807, 2.05) is 102 Å². The Morgan fingerprint density at radius 1 is 0.711 bits per heavy atom. The first kappa shape index (κ1) is 25.1. The largest absolute Gasteiger partial charge is 0.497 e. The summed E-state index contributed by atoms with van der Waals surface area (Å²) in [5.41, 5.74) is 4.40. The molecular weight excluding hydrogens is 474 g/mol. The van der Waals surface area contributed by atoms with Crippen LogP contribution in [0.1, 0.15) is 27.4 Å². The van der Waals surface area contributed by atoms with Crippen molar-refractivity contribution in [2.45, 2.75) is 5.92 Å². The number of rotatable bonds is 7. The molecule has 1 aliphatic rings. The van der Waals surface area contributed by atoms with Gasteiger partial charge in [-0.3, -0.25) is 9.59 Å². The Labute approximate surface area is 223 Å². The maximum Gasteiger partial charge on any atom is 0.253 e. The quantitative estimate of drug-likeness (QED) is 0.364. The summed E-state index contributed by atoms with van der Waals surface area (Å²) in [5.74, 6) is 0.313. The third-order valence-electron chi connectivity index (χ3n) is 6.93. The van der Waals surface area contributed by atoms with Crippen LogP contribution in [0.3, 0.4) is 0 Å². The lowest BCUT2D eigenvalue weighted by atomic mass is 9.90. The smallest absolute Gasteiger partial charge is 0.253 e. The van der Waals surface area contributed by atoms with Crippen molar-refractivity contribution in [3.8, 4) is 5.75 Å². The van der Waals surface area contributed by atoms with Gasteiger partial charge in [0, 0.05) is 43.1 Å².